The third-order valence-corrected chi connectivity index (χ3v) is 3.95. The normalized spacial score (nSPS) is 12.5. The minimum absolute atomic E-state index is 0.234. The van der Waals surface area contributed by atoms with Crippen LogP contribution in [0.4, 0.5) is 4.39 Å². The van der Waals surface area contributed by atoms with E-state index in [-0.39, 0.29) is 11.9 Å². The van der Waals surface area contributed by atoms with Crippen LogP contribution in [0, 0.1) is 26.6 Å². The van der Waals surface area contributed by atoms with Gasteiger partial charge in [0.1, 0.15) is 5.82 Å². The number of rotatable bonds is 3. The molecule has 106 valence electrons. The summed E-state index contributed by atoms with van der Waals surface area (Å²) in [6, 6.07) is 9.17. The smallest absolute Gasteiger partial charge is 0.127 e. The van der Waals surface area contributed by atoms with E-state index in [9.17, 15) is 4.39 Å². The zero-order valence-electron chi connectivity index (χ0n) is 12.0. The molecule has 0 aliphatic heterocycles. The summed E-state index contributed by atoms with van der Waals surface area (Å²) in [4.78, 5) is 0. The van der Waals surface area contributed by atoms with Crippen molar-refractivity contribution in [3.63, 3.8) is 0 Å². The molecule has 0 aromatic heterocycles. The van der Waals surface area contributed by atoms with Gasteiger partial charge in [-0.1, -0.05) is 41.4 Å². The maximum absolute atomic E-state index is 13.4. The van der Waals surface area contributed by atoms with E-state index >= 15 is 0 Å². The van der Waals surface area contributed by atoms with Gasteiger partial charge in [0.2, 0.25) is 0 Å². The molecule has 2 aromatic rings. The Balaban J connectivity index is 2.30. The molecule has 0 saturated carbocycles. The molecule has 2 N–H and O–H groups in total. The first-order chi connectivity index (χ1) is 9.38. The Kier molecular flexibility index (Phi) is 4.46. The van der Waals surface area contributed by atoms with Crippen LogP contribution in [0.25, 0.3) is 0 Å². The SMILES string of the molecule is Cc1ccc(C)c(CC(N)c2cc(C)c(F)cc2Cl)c1. The van der Waals surface area contributed by atoms with Gasteiger partial charge in [0.25, 0.3) is 0 Å². The zero-order valence-corrected chi connectivity index (χ0v) is 12.8. The van der Waals surface area contributed by atoms with E-state index in [4.69, 9.17) is 17.3 Å². The average molecular weight is 292 g/mol. The molecule has 3 heteroatoms. The zero-order chi connectivity index (χ0) is 14.9. The van der Waals surface area contributed by atoms with Crippen molar-refractivity contribution < 1.29 is 4.39 Å². The second kappa shape index (κ2) is 5.94. The van der Waals surface area contributed by atoms with Crippen molar-refractivity contribution >= 4 is 11.6 Å². The van der Waals surface area contributed by atoms with Crippen molar-refractivity contribution in [1.29, 1.82) is 0 Å². The summed E-state index contributed by atoms with van der Waals surface area (Å²) in [5.74, 6) is -0.294. The molecule has 0 fully saturated rings. The lowest BCUT2D eigenvalue weighted by atomic mass is 9.94. The molecule has 0 heterocycles. The molecule has 0 bridgehead atoms. The van der Waals surface area contributed by atoms with Crippen molar-refractivity contribution in [3.8, 4) is 0 Å². The third kappa shape index (κ3) is 3.20. The average Bonchev–Trinajstić information content (AvgIpc) is 2.38. The Bertz CT molecular complexity index is 637. The Morgan fingerprint density at radius 2 is 1.80 bits per heavy atom. The van der Waals surface area contributed by atoms with Crippen molar-refractivity contribution in [2.45, 2.75) is 33.2 Å². The minimum atomic E-state index is -0.294. The molecule has 0 aliphatic carbocycles. The van der Waals surface area contributed by atoms with Crippen LogP contribution in [-0.2, 0) is 6.42 Å². The molecular formula is C17H19ClFN. The molecule has 1 unspecified atom stereocenters. The Morgan fingerprint density at radius 1 is 1.10 bits per heavy atom. The second-order valence-corrected chi connectivity index (χ2v) is 5.77. The van der Waals surface area contributed by atoms with E-state index in [1.807, 2.05) is 0 Å². The van der Waals surface area contributed by atoms with Gasteiger partial charge >= 0.3 is 0 Å². The Labute approximate surface area is 124 Å². The molecule has 1 atom stereocenters. The van der Waals surface area contributed by atoms with E-state index < -0.39 is 0 Å². The van der Waals surface area contributed by atoms with Gasteiger partial charge in [0.05, 0.1) is 0 Å². The van der Waals surface area contributed by atoms with Gasteiger partial charge in [-0.25, -0.2) is 4.39 Å². The van der Waals surface area contributed by atoms with Crippen molar-refractivity contribution in [3.05, 3.63) is 69.0 Å². The van der Waals surface area contributed by atoms with Gasteiger partial charge in [0, 0.05) is 11.1 Å². The second-order valence-electron chi connectivity index (χ2n) is 5.36. The van der Waals surface area contributed by atoms with Gasteiger partial charge in [-0.3, -0.25) is 0 Å². The molecule has 0 aliphatic rings. The molecular weight excluding hydrogens is 273 g/mol. The van der Waals surface area contributed by atoms with Gasteiger partial charge in [-0.2, -0.15) is 0 Å². The number of hydrogen-bond acceptors (Lipinski definition) is 1. The van der Waals surface area contributed by atoms with Crippen LogP contribution in [0.15, 0.2) is 30.3 Å². The van der Waals surface area contributed by atoms with E-state index in [1.54, 1.807) is 13.0 Å². The Hall–Kier alpha value is -1.38. The summed E-state index contributed by atoms with van der Waals surface area (Å²) in [7, 11) is 0. The molecule has 2 aromatic carbocycles. The summed E-state index contributed by atoms with van der Waals surface area (Å²) in [6.07, 6.45) is 0.693. The molecule has 0 saturated heterocycles. The topological polar surface area (TPSA) is 26.0 Å². The highest BCUT2D eigenvalue weighted by Gasteiger charge is 2.14. The van der Waals surface area contributed by atoms with E-state index in [1.165, 1.54) is 22.8 Å². The first-order valence-electron chi connectivity index (χ1n) is 6.65. The monoisotopic (exact) mass is 291 g/mol. The molecule has 0 amide bonds. The molecule has 0 spiro atoms. The van der Waals surface area contributed by atoms with Crippen molar-refractivity contribution in [2.75, 3.05) is 0 Å². The first kappa shape index (κ1) is 15.0. The summed E-state index contributed by atoms with van der Waals surface area (Å²) < 4.78 is 13.4. The molecule has 0 radical (unpaired) electrons. The van der Waals surface area contributed by atoms with Gasteiger partial charge < -0.3 is 5.73 Å². The number of benzene rings is 2. The van der Waals surface area contributed by atoms with Crippen LogP contribution in [-0.4, -0.2) is 0 Å². The van der Waals surface area contributed by atoms with E-state index in [2.05, 4.69) is 32.0 Å². The fourth-order valence-corrected chi connectivity index (χ4v) is 2.62. The maximum Gasteiger partial charge on any atom is 0.127 e. The highest BCUT2D eigenvalue weighted by Crippen LogP contribution is 2.28. The van der Waals surface area contributed by atoms with Crippen LogP contribution in [0.1, 0.15) is 33.9 Å². The quantitative estimate of drug-likeness (QED) is 0.875. The summed E-state index contributed by atoms with van der Waals surface area (Å²) in [5, 5.41) is 0.394. The fraction of sp³-hybridized carbons (Fsp3) is 0.294. The Morgan fingerprint density at radius 3 is 2.50 bits per heavy atom. The fourth-order valence-electron chi connectivity index (χ4n) is 2.33. The molecule has 20 heavy (non-hydrogen) atoms. The van der Waals surface area contributed by atoms with Gasteiger partial charge in [-0.05, 0) is 55.5 Å². The summed E-state index contributed by atoms with van der Waals surface area (Å²) in [5.41, 5.74) is 11.2. The molecule has 2 rings (SSSR count). The van der Waals surface area contributed by atoms with Crippen LogP contribution in [0.3, 0.4) is 0 Å². The van der Waals surface area contributed by atoms with Crippen LogP contribution < -0.4 is 5.73 Å². The lowest BCUT2D eigenvalue weighted by Gasteiger charge is -2.17. The van der Waals surface area contributed by atoms with Crippen LogP contribution in [0.2, 0.25) is 5.02 Å². The highest BCUT2D eigenvalue weighted by atomic mass is 35.5. The first-order valence-corrected chi connectivity index (χ1v) is 7.03. The lowest BCUT2D eigenvalue weighted by molar-refractivity contribution is 0.615. The van der Waals surface area contributed by atoms with Gasteiger partial charge in [0.15, 0.2) is 0 Å². The highest BCUT2D eigenvalue weighted by molar-refractivity contribution is 6.31. The number of aryl methyl sites for hydroxylation is 3. The predicted octanol–water partition coefficient (Wildman–Crippen LogP) is 4.65. The van der Waals surface area contributed by atoms with Crippen LogP contribution in [0.5, 0.6) is 0 Å². The van der Waals surface area contributed by atoms with E-state index in [0.717, 1.165) is 5.56 Å². The van der Waals surface area contributed by atoms with Gasteiger partial charge in [-0.15, -0.1) is 0 Å². The largest absolute Gasteiger partial charge is 0.324 e. The summed E-state index contributed by atoms with van der Waals surface area (Å²) in [6.45, 7) is 5.85. The molecule has 1 nitrogen and oxygen atoms in total. The summed E-state index contributed by atoms with van der Waals surface area (Å²) >= 11 is 6.11. The predicted molar refractivity (Wildman–Crippen MR) is 82.7 cm³/mol. The number of nitrogens with two attached hydrogens (primary N) is 1. The lowest BCUT2D eigenvalue weighted by Crippen LogP contribution is -2.15. The number of halogens is 2. The minimum Gasteiger partial charge on any atom is -0.324 e. The maximum atomic E-state index is 13.4. The number of hydrogen-bond donors (Lipinski definition) is 1. The van der Waals surface area contributed by atoms with Crippen LogP contribution >= 0.6 is 11.6 Å². The standard InChI is InChI=1S/C17H19ClFN/c1-10-4-5-11(2)13(6-10)8-17(20)14-7-12(3)16(19)9-15(14)18/h4-7,9,17H,8,20H2,1-3H3. The van der Waals surface area contributed by atoms with Crippen molar-refractivity contribution in [1.82, 2.24) is 0 Å². The third-order valence-electron chi connectivity index (χ3n) is 3.62. The van der Waals surface area contributed by atoms with Crippen molar-refractivity contribution in [2.24, 2.45) is 5.73 Å². The van der Waals surface area contributed by atoms with E-state index in [0.29, 0.717) is 17.0 Å².